The number of rotatable bonds is 4. The third kappa shape index (κ3) is 3.86. The summed E-state index contributed by atoms with van der Waals surface area (Å²) in [6.07, 6.45) is -2.77. The first-order chi connectivity index (χ1) is 13.0. The molecule has 0 saturated carbocycles. The molecule has 0 aliphatic heterocycles. The number of benzene rings is 2. The van der Waals surface area contributed by atoms with E-state index in [1.807, 2.05) is 35.7 Å². The van der Waals surface area contributed by atoms with Gasteiger partial charge in [-0.25, -0.2) is 4.98 Å². The number of thiophene rings is 1. The van der Waals surface area contributed by atoms with E-state index in [0.717, 1.165) is 28.0 Å². The van der Waals surface area contributed by atoms with Crippen molar-refractivity contribution in [2.24, 2.45) is 5.10 Å². The van der Waals surface area contributed by atoms with Crippen LogP contribution < -0.4 is 5.43 Å². The smallest absolute Gasteiger partial charge is 0.253 e. The number of nitrogens with zero attached hydrogens (tertiary/aromatic N) is 2. The first kappa shape index (κ1) is 17.7. The summed E-state index contributed by atoms with van der Waals surface area (Å²) in [6, 6.07) is 14.6. The predicted molar refractivity (Wildman–Crippen MR) is 106 cm³/mol. The van der Waals surface area contributed by atoms with Crippen molar-refractivity contribution in [2.45, 2.75) is 6.18 Å². The fourth-order valence-corrected chi connectivity index (χ4v) is 4.26. The van der Waals surface area contributed by atoms with Gasteiger partial charge in [0.2, 0.25) is 5.13 Å². The maximum absolute atomic E-state index is 12.9. The van der Waals surface area contributed by atoms with Crippen molar-refractivity contribution >= 4 is 44.1 Å². The number of hydrogen-bond donors (Lipinski definition) is 1. The summed E-state index contributed by atoms with van der Waals surface area (Å²) in [5, 5.41) is 8.07. The van der Waals surface area contributed by atoms with E-state index >= 15 is 0 Å². The van der Waals surface area contributed by atoms with Crippen molar-refractivity contribution in [3.8, 4) is 11.3 Å². The van der Waals surface area contributed by atoms with Crippen LogP contribution in [0.3, 0.4) is 0 Å². The Morgan fingerprint density at radius 2 is 1.81 bits per heavy atom. The molecule has 8 heteroatoms. The zero-order valence-electron chi connectivity index (χ0n) is 13.7. The van der Waals surface area contributed by atoms with Crippen molar-refractivity contribution < 1.29 is 13.2 Å². The number of hydrogen-bond acceptors (Lipinski definition) is 5. The van der Waals surface area contributed by atoms with Crippen LogP contribution >= 0.6 is 22.7 Å². The SMILES string of the molecule is FC(F)(F)c1csc2cc(C=NNc3nc(-c4ccccc4)cs3)ccc12. The molecule has 0 atom stereocenters. The molecule has 2 aromatic heterocycles. The van der Waals surface area contributed by atoms with Gasteiger partial charge in [-0.3, -0.25) is 5.43 Å². The minimum Gasteiger partial charge on any atom is -0.253 e. The number of fused-ring (bicyclic) bond motifs is 1. The second kappa shape index (κ2) is 7.13. The molecule has 0 aliphatic rings. The Morgan fingerprint density at radius 3 is 2.59 bits per heavy atom. The van der Waals surface area contributed by atoms with Gasteiger partial charge in [0.1, 0.15) is 0 Å². The van der Waals surface area contributed by atoms with Gasteiger partial charge in [0.25, 0.3) is 0 Å². The molecule has 0 radical (unpaired) electrons. The van der Waals surface area contributed by atoms with Crippen LogP contribution in [0.2, 0.25) is 0 Å². The maximum Gasteiger partial charge on any atom is 0.417 e. The fourth-order valence-electron chi connectivity index (χ4n) is 2.57. The molecule has 4 rings (SSSR count). The van der Waals surface area contributed by atoms with E-state index in [1.165, 1.54) is 17.4 Å². The first-order valence-corrected chi connectivity index (χ1v) is 9.65. The molecule has 0 bridgehead atoms. The molecule has 3 nitrogen and oxygen atoms in total. The van der Waals surface area contributed by atoms with Gasteiger partial charge in [-0.1, -0.05) is 42.5 Å². The molecule has 0 aliphatic carbocycles. The van der Waals surface area contributed by atoms with Crippen molar-refractivity contribution in [3.63, 3.8) is 0 Å². The molecule has 0 fully saturated rings. The Hall–Kier alpha value is -2.71. The molecule has 0 amide bonds. The van der Waals surface area contributed by atoms with Crippen LogP contribution in [-0.2, 0) is 6.18 Å². The second-order valence-electron chi connectivity index (χ2n) is 5.68. The fraction of sp³-hybridized carbons (Fsp3) is 0.0526. The number of anilines is 1. The van der Waals surface area contributed by atoms with Crippen molar-refractivity contribution in [2.75, 3.05) is 5.43 Å². The molecule has 2 heterocycles. The van der Waals surface area contributed by atoms with Crippen LogP contribution in [-0.4, -0.2) is 11.2 Å². The van der Waals surface area contributed by atoms with Crippen LogP contribution in [0.5, 0.6) is 0 Å². The van der Waals surface area contributed by atoms with Crippen LogP contribution in [0.4, 0.5) is 18.3 Å². The highest BCUT2D eigenvalue weighted by molar-refractivity contribution is 7.17. The summed E-state index contributed by atoms with van der Waals surface area (Å²) in [5.74, 6) is 0. The molecule has 0 unspecified atom stereocenters. The van der Waals surface area contributed by atoms with Crippen molar-refractivity contribution in [3.05, 3.63) is 70.4 Å². The molecule has 4 aromatic rings. The van der Waals surface area contributed by atoms with Crippen LogP contribution in [0.25, 0.3) is 21.3 Å². The predicted octanol–water partition coefficient (Wildman–Crippen LogP) is 6.49. The van der Waals surface area contributed by atoms with Gasteiger partial charge in [0.05, 0.1) is 17.5 Å². The topological polar surface area (TPSA) is 37.3 Å². The van der Waals surface area contributed by atoms with Gasteiger partial charge >= 0.3 is 6.18 Å². The minimum atomic E-state index is -4.34. The highest BCUT2D eigenvalue weighted by Gasteiger charge is 2.33. The molecule has 0 spiro atoms. The van der Waals surface area contributed by atoms with E-state index in [4.69, 9.17) is 0 Å². The van der Waals surface area contributed by atoms with Crippen LogP contribution in [0.1, 0.15) is 11.1 Å². The van der Waals surface area contributed by atoms with Gasteiger partial charge in [-0.05, 0) is 11.6 Å². The summed E-state index contributed by atoms with van der Waals surface area (Å²) >= 11 is 2.50. The quantitative estimate of drug-likeness (QED) is 0.312. The molecular formula is C19H12F3N3S2. The number of hydrazone groups is 1. The number of alkyl halides is 3. The van der Waals surface area contributed by atoms with E-state index in [9.17, 15) is 13.2 Å². The van der Waals surface area contributed by atoms with E-state index < -0.39 is 11.7 Å². The third-order valence-corrected chi connectivity index (χ3v) is 5.54. The maximum atomic E-state index is 12.9. The number of thiazole rings is 1. The molecular weight excluding hydrogens is 391 g/mol. The summed E-state index contributed by atoms with van der Waals surface area (Å²) in [5.41, 5.74) is 4.86. The molecule has 1 N–H and O–H groups in total. The summed E-state index contributed by atoms with van der Waals surface area (Å²) in [4.78, 5) is 4.46. The minimum absolute atomic E-state index is 0.213. The lowest BCUT2D eigenvalue weighted by molar-refractivity contribution is -0.136. The zero-order chi connectivity index (χ0) is 18.9. The number of nitrogens with one attached hydrogen (secondary N) is 1. The summed E-state index contributed by atoms with van der Waals surface area (Å²) in [7, 11) is 0. The second-order valence-corrected chi connectivity index (χ2v) is 7.45. The lowest BCUT2D eigenvalue weighted by atomic mass is 10.1. The van der Waals surface area contributed by atoms with Crippen molar-refractivity contribution in [1.29, 1.82) is 0 Å². The Morgan fingerprint density at radius 1 is 1.00 bits per heavy atom. The normalized spacial score (nSPS) is 12.1. The van der Waals surface area contributed by atoms with Crippen LogP contribution in [0, 0.1) is 0 Å². The summed E-state index contributed by atoms with van der Waals surface area (Å²) < 4.78 is 39.4. The van der Waals surface area contributed by atoms with Gasteiger partial charge in [0.15, 0.2) is 0 Å². The van der Waals surface area contributed by atoms with Crippen molar-refractivity contribution in [1.82, 2.24) is 4.98 Å². The first-order valence-electron chi connectivity index (χ1n) is 7.89. The van der Waals surface area contributed by atoms with Gasteiger partial charge in [-0.2, -0.15) is 18.3 Å². The molecule has 27 heavy (non-hydrogen) atoms. The lowest BCUT2D eigenvalue weighted by Gasteiger charge is -2.04. The van der Waals surface area contributed by atoms with Crippen LogP contribution in [0.15, 0.2) is 64.4 Å². The molecule has 136 valence electrons. The Labute approximate surface area is 160 Å². The largest absolute Gasteiger partial charge is 0.417 e. The third-order valence-electron chi connectivity index (χ3n) is 3.85. The average Bonchev–Trinajstić information content (AvgIpc) is 3.29. The molecule has 0 saturated heterocycles. The molecule has 2 aromatic carbocycles. The zero-order valence-corrected chi connectivity index (χ0v) is 15.3. The van der Waals surface area contributed by atoms with E-state index in [2.05, 4.69) is 15.5 Å². The van der Waals surface area contributed by atoms with Gasteiger partial charge < -0.3 is 0 Å². The van der Waals surface area contributed by atoms with E-state index in [0.29, 0.717) is 15.4 Å². The highest BCUT2D eigenvalue weighted by atomic mass is 32.1. The Kier molecular flexibility index (Phi) is 4.67. The highest BCUT2D eigenvalue weighted by Crippen LogP contribution is 2.38. The Bertz CT molecular complexity index is 1100. The van der Waals surface area contributed by atoms with E-state index in [-0.39, 0.29) is 5.39 Å². The Balaban J connectivity index is 1.48. The lowest BCUT2D eigenvalue weighted by Crippen LogP contribution is -2.03. The van der Waals surface area contributed by atoms with Gasteiger partial charge in [-0.15, -0.1) is 22.7 Å². The standard InChI is InChI=1S/C19H12F3N3S2/c20-19(21,22)15-10-26-17-8-12(6-7-14(15)17)9-23-25-18-24-16(11-27-18)13-4-2-1-3-5-13/h1-11H,(H,24,25). The summed E-state index contributed by atoms with van der Waals surface area (Å²) in [6.45, 7) is 0. The average molecular weight is 403 g/mol. The van der Waals surface area contributed by atoms with E-state index in [1.54, 1.807) is 18.3 Å². The number of aromatic nitrogens is 1. The number of halogens is 3. The van der Waals surface area contributed by atoms with Gasteiger partial charge in [0, 0.05) is 26.4 Å². The monoisotopic (exact) mass is 403 g/mol.